The van der Waals surface area contributed by atoms with Crippen molar-refractivity contribution >= 4 is 5.78 Å². The monoisotopic (exact) mass is 433 g/mol. The molecular formula is C27H35N3O2. The molecule has 2 atom stereocenters. The molecule has 2 unspecified atom stereocenters. The molecule has 3 heterocycles. The topological polar surface area (TPSA) is 58.3 Å². The van der Waals surface area contributed by atoms with Crippen molar-refractivity contribution in [3.05, 3.63) is 52.8 Å². The van der Waals surface area contributed by atoms with E-state index in [4.69, 9.17) is 4.74 Å². The third kappa shape index (κ3) is 4.67. The fraction of sp³-hybridized carbons (Fsp3) is 0.556. The highest BCUT2D eigenvalue weighted by Crippen LogP contribution is 2.30. The van der Waals surface area contributed by atoms with Crippen LogP contribution >= 0.6 is 0 Å². The van der Waals surface area contributed by atoms with Gasteiger partial charge in [-0.05, 0) is 88.6 Å². The summed E-state index contributed by atoms with van der Waals surface area (Å²) in [5.41, 5.74) is 4.69. The van der Waals surface area contributed by atoms with Gasteiger partial charge in [0.15, 0.2) is 5.78 Å². The number of nitrogens with zero attached hydrogens (tertiary/aromatic N) is 3. The van der Waals surface area contributed by atoms with E-state index in [-0.39, 0.29) is 5.78 Å². The first-order chi connectivity index (χ1) is 15.5. The molecule has 1 aromatic heterocycles. The van der Waals surface area contributed by atoms with E-state index in [1.54, 1.807) is 0 Å². The standard InChI is InChI=1S/C27H35N3O2/c1-4-23-8-5-19(2)29(23)18-27(31)26-16-25(15-21-11-13-32-14-12-21)30(20(26)3)24-9-6-22(17-28)7-10-24/h6-7,9-10,16,19,21,23H,4-5,8,11-15,18H2,1-3H3. The molecular weight excluding hydrogens is 398 g/mol. The van der Waals surface area contributed by atoms with Crippen molar-refractivity contribution in [3.8, 4) is 11.8 Å². The maximum atomic E-state index is 13.5. The highest BCUT2D eigenvalue weighted by molar-refractivity contribution is 5.99. The molecule has 2 fully saturated rings. The highest BCUT2D eigenvalue weighted by Gasteiger charge is 2.32. The SMILES string of the molecule is CCC1CCC(C)N1CC(=O)c1cc(CC2CCOCC2)n(-c2ccc(C#N)cc2)c1C. The van der Waals surface area contributed by atoms with Gasteiger partial charge in [-0.2, -0.15) is 5.26 Å². The third-order valence-corrected chi connectivity index (χ3v) is 7.47. The zero-order chi connectivity index (χ0) is 22.7. The van der Waals surface area contributed by atoms with Gasteiger partial charge in [0, 0.05) is 47.9 Å². The Bertz CT molecular complexity index is 980. The molecule has 0 bridgehead atoms. The maximum absolute atomic E-state index is 13.5. The van der Waals surface area contributed by atoms with E-state index in [9.17, 15) is 10.1 Å². The average molecular weight is 434 g/mol. The van der Waals surface area contributed by atoms with Gasteiger partial charge in [0.1, 0.15) is 0 Å². The number of hydrogen-bond acceptors (Lipinski definition) is 4. The van der Waals surface area contributed by atoms with Crippen LogP contribution in [0.4, 0.5) is 0 Å². The lowest BCUT2D eigenvalue weighted by atomic mass is 9.94. The van der Waals surface area contributed by atoms with Crippen LogP contribution in [0.5, 0.6) is 0 Å². The molecule has 0 radical (unpaired) electrons. The number of benzene rings is 1. The van der Waals surface area contributed by atoms with Crippen LogP contribution in [0.15, 0.2) is 30.3 Å². The second kappa shape index (κ2) is 10.0. The molecule has 170 valence electrons. The van der Waals surface area contributed by atoms with Gasteiger partial charge >= 0.3 is 0 Å². The van der Waals surface area contributed by atoms with Gasteiger partial charge in [-0.25, -0.2) is 0 Å². The number of ketones is 1. The molecule has 5 nitrogen and oxygen atoms in total. The Morgan fingerprint density at radius 1 is 1.16 bits per heavy atom. The molecule has 0 amide bonds. The van der Waals surface area contributed by atoms with Crippen molar-refractivity contribution in [3.63, 3.8) is 0 Å². The zero-order valence-electron chi connectivity index (χ0n) is 19.6. The van der Waals surface area contributed by atoms with Gasteiger partial charge < -0.3 is 9.30 Å². The van der Waals surface area contributed by atoms with Gasteiger partial charge in [-0.3, -0.25) is 9.69 Å². The average Bonchev–Trinajstić information content (AvgIpc) is 3.33. The van der Waals surface area contributed by atoms with Crippen LogP contribution in [-0.4, -0.2) is 47.1 Å². The quantitative estimate of drug-likeness (QED) is 0.572. The van der Waals surface area contributed by atoms with Crippen molar-refractivity contribution in [1.82, 2.24) is 9.47 Å². The lowest BCUT2D eigenvalue weighted by molar-refractivity contribution is 0.0661. The van der Waals surface area contributed by atoms with Gasteiger partial charge in [-0.1, -0.05) is 6.92 Å². The summed E-state index contributed by atoms with van der Waals surface area (Å²) in [5.74, 6) is 0.788. The summed E-state index contributed by atoms with van der Waals surface area (Å²) in [7, 11) is 0. The van der Waals surface area contributed by atoms with Gasteiger partial charge in [0.05, 0.1) is 18.2 Å². The second-order valence-corrected chi connectivity index (χ2v) is 9.47. The number of likely N-dealkylation sites (tertiary alicyclic amines) is 1. The largest absolute Gasteiger partial charge is 0.381 e. The fourth-order valence-electron chi connectivity index (χ4n) is 5.49. The Kier molecular flexibility index (Phi) is 7.13. The highest BCUT2D eigenvalue weighted by atomic mass is 16.5. The Morgan fingerprint density at radius 3 is 2.53 bits per heavy atom. The minimum Gasteiger partial charge on any atom is -0.381 e. The number of Topliss-reactive ketones (excluding diaryl/α,β-unsaturated/α-hetero) is 1. The Hall–Kier alpha value is -2.42. The lowest BCUT2D eigenvalue weighted by Gasteiger charge is -2.26. The first-order valence-electron chi connectivity index (χ1n) is 12.1. The summed E-state index contributed by atoms with van der Waals surface area (Å²) in [6, 6.07) is 13.0. The second-order valence-electron chi connectivity index (χ2n) is 9.47. The molecule has 0 saturated carbocycles. The fourth-order valence-corrected chi connectivity index (χ4v) is 5.49. The molecule has 1 aromatic carbocycles. The van der Waals surface area contributed by atoms with E-state index in [1.807, 2.05) is 24.3 Å². The van der Waals surface area contributed by atoms with Crippen LogP contribution in [0.1, 0.15) is 73.3 Å². The molecule has 5 heteroatoms. The van der Waals surface area contributed by atoms with Crippen molar-refractivity contribution in [2.24, 2.45) is 5.92 Å². The zero-order valence-corrected chi connectivity index (χ0v) is 19.6. The smallest absolute Gasteiger partial charge is 0.178 e. The number of rotatable bonds is 7. The maximum Gasteiger partial charge on any atom is 0.178 e. The third-order valence-electron chi connectivity index (χ3n) is 7.47. The first-order valence-corrected chi connectivity index (χ1v) is 12.1. The number of carbonyl (C=O) groups is 1. The predicted octanol–water partition coefficient (Wildman–Crippen LogP) is 5.07. The summed E-state index contributed by atoms with van der Waals surface area (Å²) in [6.45, 7) is 8.65. The van der Waals surface area contributed by atoms with Crippen LogP contribution in [0.25, 0.3) is 5.69 Å². The van der Waals surface area contributed by atoms with E-state index in [0.717, 1.165) is 55.8 Å². The lowest BCUT2D eigenvalue weighted by Crippen LogP contribution is -2.38. The van der Waals surface area contributed by atoms with Crippen LogP contribution in [-0.2, 0) is 11.2 Å². The number of ether oxygens (including phenoxy) is 1. The van der Waals surface area contributed by atoms with Crippen molar-refractivity contribution in [1.29, 1.82) is 5.26 Å². The Morgan fingerprint density at radius 2 is 1.88 bits per heavy atom. The van der Waals surface area contributed by atoms with Gasteiger partial charge in [0.25, 0.3) is 0 Å². The molecule has 32 heavy (non-hydrogen) atoms. The summed E-state index contributed by atoms with van der Waals surface area (Å²) < 4.78 is 7.78. The minimum absolute atomic E-state index is 0.218. The molecule has 2 aromatic rings. The molecule has 2 aliphatic heterocycles. The minimum atomic E-state index is 0.218. The number of hydrogen-bond donors (Lipinski definition) is 0. The van der Waals surface area contributed by atoms with E-state index in [2.05, 4.69) is 42.4 Å². The summed E-state index contributed by atoms with van der Waals surface area (Å²) >= 11 is 0. The Balaban J connectivity index is 1.66. The summed E-state index contributed by atoms with van der Waals surface area (Å²) in [5, 5.41) is 9.18. The van der Waals surface area contributed by atoms with E-state index < -0.39 is 0 Å². The predicted molar refractivity (Wildman–Crippen MR) is 126 cm³/mol. The molecule has 0 aliphatic carbocycles. The molecule has 4 rings (SSSR count). The number of nitriles is 1. The van der Waals surface area contributed by atoms with E-state index in [1.165, 1.54) is 18.5 Å². The number of carbonyl (C=O) groups excluding carboxylic acids is 1. The van der Waals surface area contributed by atoms with Gasteiger partial charge in [0.2, 0.25) is 0 Å². The molecule has 2 saturated heterocycles. The van der Waals surface area contributed by atoms with Crippen molar-refractivity contribution in [2.45, 2.75) is 71.4 Å². The van der Waals surface area contributed by atoms with Gasteiger partial charge in [-0.15, -0.1) is 0 Å². The number of aromatic nitrogens is 1. The van der Waals surface area contributed by atoms with Crippen LogP contribution in [0, 0.1) is 24.2 Å². The van der Waals surface area contributed by atoms with E-state index >= 15 is 0 Å². The van der Waals surface area contributed by atoms with E-state index in [0.29, 0.717) is 30.1 Å². The summed E-state index contributed by atoms with van der Waals surface area (Å²) in [6.07, 6.45) is 6.51. The van der Waals surface area contributed by atoms with Crippen molar-refractivity contribution in [2.75, 3.05) is 19.8 Å². The molecule has 2 aliphatic rings. The Labute approximate surface area is 192 Å². The van der Waals surface area contributed by atoms with Crippen LogP contribution in [0.2, 0.25) is 0 Å². The normalized spacial score (nSPS) is 22.2. The molecule has 0 N–H and O–H groups in total. The first kappa shape index (κ1) is 22.8. The van der Waals surface area contributed by atoms with Crippen LogP contribution in [0.3, 0.4) is 0 Å². The van der Waals surface area contributed by atoms with Crippen LogP contribution < -0.4 is 0 Å². The molecule has 0 spiro atoms. The van der Waals surface area contributed by atoms with Crippen molar-refractivity contribution < 1.29 is 9.53 Å². The summed E-state index contributed by atoms with van der Waals surface area (Å²) in [4.78, 5) is 15.9.